The van der Waals surface area contributed by atoms with Crippen molar-refractivity contribution in [2.45, 2.75) is 19.9 Å². The zero-order chi connectivity index (χ0) is 12.8. The number of carbonyl (C=O) groups excluding carboxylic acids is 1. The minimum Gasteiger partial charge on any atom is -0.465 e. The van der Waals surface area contributed by atoms with Crippen molar-refractivity contribution in [3.8, 4) is 0 Å². The van der Waals surface area contributed by atoms with Gasteiger partial charge in [-0.2, -0.15) is 0 Å². The first kappa shape index (κ1) is 13.0. The van der Waals surface area contributed by atoms with Gasteiger partial charge in [-0.1, -0.05) is 18.2 Å². The molecule has 1 aromatic rings. The third-order valence-corrected chi connectivity index (χ3v) is 2.36. The molecule has 0 bridgehead atoms. The number of likely N-dealkylation sites (N-methyl/N-ethyl adjacent to an activating group) is 1. The van der Waals surface area contributed by atoms with Crippen molar-refractivity contribution < 1.29 is 14.7 Å². The summed E-state index contributed by atoms with van der Waals surface area (Å²) in [7, 11) is 0. The Hall–Kier alpha value is -2.04. The molecule has 0 aliphatic heterocycles. The van der Waals surface area contributed by atoms with Crippen molar-refractivity contribution in [1.29, 1.82) is 0 Å². The number of hydrogen-bond donors (Lipinski definition) is 2. The zero-order valence-corrected chi connectivity index (χ0v) is 9.88. The van der Waals surface area contributed by atoms with Gasteiger partial charge >= 0.3 is 6.09 Å². The van der Waals surface area contributed by atoms with Crippen molar-refractivity contribution in [2.75, 3.05) is 11.4 Å². The number of nitrogens with zero attached hydrogens (tertiary/aromatic N) is 1. The second-order valence-corrected chi connectivity index (χ2v) is 3.59. The van der Waals surface area contributed by atoms with Gasteiger partial charge in [0.25, 0.3) is 0 Å². The number of rotatable bonds is 4. The smallest absolute Gasteiger partial charge is 0.405 e. The second kappa shape index (κ2) is 5.89. The largest absolute Gasteiger partial charge is 0.465 e. The number of nitrogens with one attached hydrogen (secondary N) is 1. The molecule has 0 heterocycles. The fraction of sp³-hybridized carbons (Fsp3) is 0.333. The van der Waals surface area contributed by atoms with Crippen molar-refractivity contribution in [1.82, 2.24) is 5.32 Å². The molecule has 0 radical (unpaired) electrons. The van der Waals surface area contributed by atoms with Crippen LogP contribution in [0.5, 0.6) is 0 Å². The molecule has 2 N–H and O–H groups in total. The van der Waals surface area contributed by atoms with Gasteiger partial charge in [0.05, 0.1) is 0 Å². The van der Waals surface area contributed by atoms with Crippen molar-refractivity contribution in [3.63, 3.8) is 0 Å². The molecular formula is C12H16N2O3. The summed E-state index contributed by atoms with van der Waals surface area (Å²) in [6, 6.07) is 8.40. The molecule has 0 aliphatic rings. The van der Waals surface area contributed by atoms with Crippen molar-refractivity contribution in [2.24, 2.45) is 0 Å². The Morgan fingerprint density at radius 3 is 2.41 bits per heavy atom. The highest BCUT2D eigenvalue weighted by Gasteiger charge is 2.21. The van der Waals surface area contributed by atoms with Crippen molar-refractivity contribution in [3.05, 3.63) is 30.3 Å². The van der Waals surface area contributed by atoms with Crippen LogP contribution in [0.1, 0.15) is 13.8 Å². The quantitative estimate of drug-likeness (QED) is 0.835. The van der Waals surface area contributed by atoms with Crippen LogP contribution < -0.4 is 10.2 Å². The molecule has 2 amide bonds. The van der Waals surface area contributed by atoms with E-state index in [2.05, 4.69) is 5.32 Å². The molecule has 5 nitrogen and oxygen atoms in total. The van der Waals surface area contributed by atoms with Gasteiger partial charge < -0.3 is 15.3 Å². The van der Waals surface area contributed by atoms with Gasteiger partial charge in [0.15, 0.2) is 0 Å². The third kappa shape index (κ3) is 3.48. The maximum atomic E-state index is 12.0. The first-order valence-electron chi connectivity index (χ1n) is 5.42. The molecule has 1 unspecified atom stereocenters. The van der Waals surface area contributed by atoms with Gasteiger partial charge in [-0.05, 0) is 26.0 Å². The number of para-hydroxylation sites is 1. The molecule has 0 spiro atoms. The summed E-state index contributed by atoms with van der Waals surface area (Å²) in [4.78, 5) is 24.0. The van der Waals surface area contributed by atoms with E-state index in [-0.39, 0.29) is 5.91 Å². The van der Waals surface area contributed by atoms with E-state index < -0.39 is 12.1 Å². The highest BCUT2D eigenvalue weighted by Crippen LogP contribution is 2.13. The SMILES string of the molecule is CCN(C(=O)C(C)NC(=O)O)c1ccccc1. The van der Waals surface area contributed by atoms with E-state index in [9.17, 15) is 9.59 Å². The number of hydrogen-bond acceptors (Lipinski definition) is 2. The molecule has 0 aliphatic carbocycles. The lowest BCUT2D eigenvalue weighted by atomic mass is 10.2. The highest BCUT2D eigenvalue weighted by atomic mass is 16.4. The molecule has 1 atom stereocenters. The van der Waals surface area contributed by atoms with Crippen LogP contribution in [0, 0.1) is 0 Å². The molecule has 0 aromatic heterocycles. The number of benzene rings is 1. The minimum absolute atomic E-state index is 0.263. The lowest BCUT2D eigenvalue weighted by Crippen LogP contribution is -2.46. The second-order valence-electron chi connectivity index (χ2n) is 3.59. The number of anilines is 1. The first-order valence-corrected chi connectivity index (χ1v) is 5.42. The number of carboxylic acid groups (broad SMARTS) is 1. The summed E-state index contributed by atoms with van der Waals surface area (Å²) in [6.07, 6.45) is -1.20. The third-order valence-electron chi connectivity index (χ3n) is 2.36. The molecule has 1 aromatic carbocycles. The van der Waals surface area contributed by atoms with Crippen LogP contribution in [0.25, 0.3) is 0 Å². The van der Waals surface area contributed by atoms with Crippen LogP contribution in [0.4, 0.5) is 10.5 Å². The Labute approximate surface area is 100 Å². The topological polar surface area (TPSA) is 69.6 Å². The number of carbonyl (C=O) groups is 2. The Balaban J connectivity index is 2.81. The predicted molar refractivity (Wildman–Crippen MR) is 65.1 cm³/mol. The van der Waals surface area contributed by atoms with E-state index >= 15 is 0 Å². The maximum absolute atomic E-state index is 12.0. The minimum atomic E-state index is -1.20. The molecule has 17 heavy (non-hydrogen) atoms. The summed E-state index contributed by atoms with van der Waals surface area (Å²) in [5, 5.41) is 10.7. The molecule has 0 saturated heterocycles. The monoisotopic (exact) mass is 236 g/mol. The Kier molecular flexibility index (Phi) is 4.51. The van der Waals surface area contributed by atoms with Gasteiger partial charge in [0.2, 0.25) is 5.91 Å². The fourth-order valence-corrected chi connectivity index (χ4v) is 1.55. The van der Waals surface area contributed by atoms with Crippen LogP contribution in [-0.2, 0) is 4.79 Å². The normalized spacial score (nSPS) is 11.6. The summed E-state index contributed by atoms with van der Waals surface area (Å²) in [5.74, 6) is -0.263. The lowest BCUT2D eigenvalue weighted by molar-refractivity contribution is -0.120. The lowest BCUT2D eigenvalue weighted by Gasteiger charge is -2.24. The van der Waals surface area contributed by atoms with Crippen LogP contribution in [-0.4, -0.2) is 29.7 Å². The summed E-state index contributed by atoms with van der Waals surface area (Å²) in [5.41, 5.74) is 0.763. The van der Waals surface area contributed by atoms with E-state index in [0.717, 1.165) is 5.69 Å². The summed E-state index contributed by atoms with van der Waals surface area (Å²) >= 11 is 0. The van der Waals surface area contributed by atoms with Gasteiger partial charge in [-0.15, -0.1) is 0 Å². The van der Waals surface area contributed by atoms with E-state index in [1.165, 1.54) is 6.92 Å². The predicted octanol–water partition coefficient (Wildman–Crippen LogP) is 1.70. The van der Waals surface area contributed by atoms with E-state index in [1.54, 1.807) is 4.90 Å². The van der Waals surface area contributed by atoms with Crippen LogP contribution in [0.15, 0.2) is 30.3 Å². The van der Waals surface area contributed by atoms with Crippen LogP contribution in [0.2, 0.25) is 0 Å². The number of amides is 2. The summed E-state index contributed by atoms with van der Waals surface area (Å²) < 4.78 is 0. The Morgan fingerprint density at radius 2 is 1.94 bits per heavy atom. The average Bonchev–Trinajstić information content (AvgIpc) is 2.30. The molecule has 1 rings (SSSR count). The first-order chi connectivity index (χ1) is 8.06. The van der Waals surface area contributed by atoms with Gasteiger partial charge in [-0.25, -0.2) is 4.79 Å². The Bertz CT molecular complexity index is 392. The summed E-state index contributed by atoms with van der Waals surface area (Å²) in [6.45, 7) is 3.87. The average molecular weight is 236 g/mol. The van der Waals surface area contributed by atoms with E-state index in [0.29, 0.717) is 6.54 Å². The molecule has 92 valence electrons. The van der Waals surface area contributed by atoms with Crippen molar-refractivity contribution >= 4 is 17.7 Å². The van der Waals surface area contributed by atoms with Gasteiger partial charge in [-0.3, -0.25) is 4.79 Å². The zero-order valence-electron chi connectivity index (χ0n) is 9.88. The fourth-order valence-electron chi connectivity index (χ4n) is 1.55. The molecular weight excluding hydrogens is 220 g/mol. The van der Waals surface area contributed by atoms with Crippen LogP contribution in [0.3, 0.4) is 0 Å². The van der Waals surface area contributed by atoms with E-state index in [4.69, 9.17) is 5.11 Å². The maximum Gasteiger partial charge on any atom is 0.405 e. The molecule has 5 heteroatoms. The van der Waals surface area contributed by atoms with E-state index in [1.807, 2.05) is 37.3 Å². The highest BCUT2D eigenvalue weighted by molar-refractivity contribution is 5.98. The standard InChI is InChI=1S/C12H16N2O3/c1-3-14(10-7-5-4-6-8-10)11(15)9(2)13-12(16)17/h4-9,13H,3H2,1-2H3,(H,16,17). The van der Waals surface area contributed by atoms with Gasteiger partial charge in [0.1, 0.15) is 6.04 Å². The van der Waals surface area contributed by atoms with Crippen LogP contribution >= 0.6 is 0 Å². The Morgan fingerprint density at radius 1 is 1.35 bits per heavy atom. The molecule has 0 fully saturated rings. The molecule has 0 saturated carbocycles. The van der Waals surface area contributed by atoms with Gasteiger partial charge in [0, 0.05) is 12.2 Å².